The summed E-state index contributed by atoms with van der Waals surface area (Å²) in [7, 11) is -3.65. The molecule has 3 aromatic rings. The van der Waals surface area contributed by atoms with Gasteiger partial charge in [-0.15, -0.1) is 0 Å². The monoisotopic (exact) mass is 553 g/mol. The molecule has 2 heterocycles. The molecule has 2 aromatic carbocycles. The normalized spacial score (nSPS) is 18.6. The number of para-hydroxylation sites is 2. The van der Waals surface area contributed by atoms with E-state index in [0.29, 0.717) is 17.5 Å². The van der Waals surface area contributed by atoms with Crippen LogP contribution in [-0.4, -0.2) is 64.2 Å². The smallest absolute Gasteiger partial charge is 0.347 e. The molecule has 0 bridgehead atoms. The molecule has 0 saturated carbocycles. The molecular formula is C24H26F3N5O5S. The molecule has 14 heteroatoms. The summed E-state index contributed by atoms with van der Waals surface area (Å²) in [5, 5.41) is 11.7. The number of benzene rings is 2. The van der Waals surface area contributed by atoms with Crippen LogP contribution in [0.15, 0.2) is 48.5 Å². The number of halogens is 3. The lowest BCUT2D eigenvalue weighted by Crippen LogP contribution is -2.45. The number of hydrogen-bond donors (Lipinski definition) is 3. The molecule has 2 amide bonds. The molecule has 38 heavy (non-hydrogen) atoms. The topological polar surface area (TPSA) is 134 Å². The van der Waals surface area contributed by atoms with Crippen LogP contribution >= 0.6 is 0 Å². The molecule has 204 valence electrons. The number of carbonyl (C=O) groups is 2. The van der Waals surface area contributed by atoms with E-state index in [2.05, 4.69) is 10.3 Å². The fourth-order valence-corrected chi connectivity index (χ4v) is 6.07. The van der Waals surface area contributed by atoms with Crippen LogP contribution in [0.25, 0.3) is 11.0 Å². The molecule has 0 unspecified atom stereocenters. The molecule has 4 rings (SSSR count). The van der Waals surface area contributed by atoms with Gasteiger partial charge in [-0.1, -0.05) is 31.2 Å². The number of carbonyl (C=O) groups excluding carboxylic acids is 2. The zero-order valence-corrected chi connectivity index (χ0v) is 21.1. The van der Waals surface area contributed by atoms with E-state index < -0.39 is 45.8 Å². The van der Waals surface area contributed by atoms with Gasteiger partial charge in [0, 0.05) is 25.2 Å². The average Bonchev–Trinajstić information content (AvgIpc) is 3.46. The first-order chi connectivity index (χ1) is 17.9. The SMILES string of the molecule is CCCS(=O)(=O)N1C[C@H](C(=O)NO)[C@H](NC(=O)c2ccc(Cn3c(C(F)(F)F)nc4ccccc43)cc2)C1. The molecule has 0 aliphatic carbocycles. The number of aromatic nitrogens is 2. The molecule has 10 nitrogen and oxygen atoms in total. The number of amides is 2. The minimum atomic E-state index is -4.66. The van der Waals surface area contributed by atoms with Crippen molar-refractivity contribution in [2.75, 3.05) is 18.8 Å². The number of hydroxylamine groups is 1. The van der Waals surface area contributed by atoms with Gasteiger partial charge in [-0.25, -0.2) is 18.9 Å². The minimum absolute atomic E-state index is 0.120. The van der Waals surface area contributed by atoms with Crippen LogP contribution in [0.1, 0.15) is 35.1 Å². The number of sulfonamides is 1. The molecule has 1 fully saturated rings. The van der Waals surface area contributed by atoms with Crippen LogP contribution < -0.4 is 10.8 Å². The van der Waals surface area contributed by atoms with E-state index >= 15 is 0 Å². The Morgan fingerprint density at radius 2 is 1.79 bits per heavy atom. The summed E-state index contributed by atoms with van der Waals surface area (Å²) in [6, 6.07) is 11.2. The summed E-state index contributed by atoms with van der Waals surface area (Å²) in [6.45, 7) is 1.23. The second kappa shape index (κ2) is 10.7. The Morgan fingerprint density at radius 1 is 1.11 bits per heavy atom. The Bertz CT molecular complexity index is 1440. The summed E-state index contributed by atoms with van der Waals surface area (Å²) in [5.74, 6) is -3.59. The van der Waals surface area contributed by atoms with Crippen molar-refractivity contribution in [1.82, 2.24) is 24.7 Å². The third-order valence-corrected chi connectivity index (χ3v) is 8.38. The molecule has 1 aliphatic heterocycles. The predicted molar refractivity (Wildman–Crippen MR) is 131 cm³/mol. The Balaban J connectivity index is 1.51. The summed E-state index contributed by atoms with van der Waals surface area (Å²) in [4.78, 5) is 28.8. The van der Waals surface area contributed by atoms with Crippen LogP contribution in [0.4, 0.5) is 13.2 Å². The lowest BCUT2D eigenvalue weighted by Gasteiger charge is -2.18. The number of imidazole rings is 1. The zero-order chi connectivity index (χ0) is 27.7. The first kappa shape index (κ1) is 27.5. The van der Waals surface area contributed by atoms with E-state index in [4.69, 9.17) is 5.21 Å². The molecule has 3 N–H and O–H groups in total. The number of hydrogen-bond acceptors (Lipinski definition) is 6. The maximum atomic E-state index is 13.6. The van der Waals surface area contributed by atoms with E-state index in [-0.39, 0.29) is 36.5 Å². The first-order valence-electron chi connectivity index (χ1n) is 11.8. The van der Waals surface area contributed by atoms with Crippen LogP contribution in [0.3, 0.4) is 0 Å². The number of nitrogens with zero attached hydrogens (tertiary/aromatic N) is 3. The van der Waals surface area contributed by atoms with Crippen molar-refractivity contribution in [3.8, 4) is 0 Å². The lowest BCUT2D eigenvalue weighted by molar-refractivity contribution is -0.146. The fourth-order valence-electron chi connectivity index (χ4n) is 4.52. The van der Waals surface area contributed by atoms with E-state index in [1.54, 1.807) is 25.1 Å². The second-order valence-corrected chi connectivity index (χ2v) is 11.1. The quantitative estimate of drug-likeness (QED) is 0.290. The van der Waals surface area contributed by atoms with Crippen LogP contribution in [-0.2, 0) is 27.5 Å². The van der Waals surface area contributed by atoms with Gasteiger partial charge in [0.15, 0.2) is 0 Å². The van der Waals surface area contributed by atoms with Crippen molar-refractivity contribution in [1.29, 1.82) is 0 Å². The van der Waals surface area contributed by atoms with Gasteiger partial charge in [-0.05, 0) is 36.2 Å². The van der Waals surface area contributed by atoms with Crippen molar-refractivity contribution in [3.63, 3.8) is 0 Å². The largest absolute Gasteiger partial charge is 0.449 e. The summed E-state index contributed by atoms with van der Waals surface area (Å²) in [6.07, 6.45) is -4.28. The Hall–Kier alpha value is -3.49. The van der Waals surface area contributed by atoms with Gasteiger partial charge >= 0.3 is 6.18 Å². The third-order valence-electron chi connectivity index (χ3n) is 6.37. The highest BCUT2D eigenvalue weighted by molar-refractivity contribution is 7.89. The maximum Gasteiger partial charge on any atom is 0.449 e. The molecular weight excluding hydrogens is 527 g/mol. The maximum absolute atomic E-state index is 13.6. The van der Waals surface area contributed by atoms with Crippen molar-refractivity contribution < 1.29 is 36.4 Å². The van der Waals surface area contributed by atoms with Crippen LogP contribution in [0.5, 0.6) is 0 Å². The highest BCUT2D eigenvalue weighted by atomic mass is 32.2. The van der Waals surface area contributed by atoms with Gasteiger partial charge < -0.3 is 9.88 Å². The van der Waals surface area contributed by atoms with Gasteiger partial charge in [-0.2, -0.15) is 17.5 Å². The molecule has 1 aromatic heterocycles. The highest BCUT2D eigenvalue weighted by Crippen LogP contribution is 2.32. The first-order valence-corrected chi connectivity index (χ1v) is 13.4. The average molecular weight is 554 g/mol. The molecule has 2 atom stereocenters. The number of nitrogens with one attached hydrogen (secondary N) is 2. The van der Waals surface area contributed by atoms with Gasteiger partial charge in [-0.3, -0.25) is 14.8 Å². The van der Waals surface area contributed by atoms with Crippen molar-refractivity contribution in [3.05, 3.63) is 65.5 Å². The lowest BCUT2D eigenvalue weighted by atomic mass is 10.0. The fraction of sp³-hybridized carbons (Fsp3) is 0.375. The van der Waals surface area contributed by atoms with E-state index in [1.807, 2.05) is 0 Å². The second-order valence-electron chi connectivity index (χ2n) is 9.00. The summed E-state index contributed by atoms with van der Waals surface area (Å²) in [5.41, 5.74) is 2.70. The molecule has 1 saturated heterocycles. The summed E-state index contributed by atoms with van der Waals surface area (Å²) >= 11 is 0. The number of alkyl halides is 3. The Kier molecular flexibility index (Phi) is 7.76. The van der Waals surface area contributed by atoms with Crippen LogP contribution in [0.2, 0.25) is 0 Å². The zero-order valence-electron chi connectivity index (χ0n) is 20.3. The van der Waals surface area contributed by atoms with E-state index in [0.717, 1.165) is 8.87 Å². The van der Waals surface area contributed by atoms with Gasteiger partial charge in [0.05, 0.1) is 28.7 Å². The Labute approximate surface area is 216 Å². The van der Waals surface area contributed by atoms with Gasteiger partial charge in [0.1, 0.15) is 0 Å². The van der Waals surface area contributed by atoms with Crippen molar-refractivity contribution in [2.24, 2.45) is 5.92 Å². The minimum Gasteiger partial charge on any atom is -0.347 e. The predicted octanol–water partition coefficient (Wildman–Crippen LogP) is 2.38. The van der Waals surface area contributed by atoms with Crippen molar-refractivity contribution in [2.45, 2.75) is 32.1 Å². The number of fused-ring (bicyclic) bond motifs is 1. The highest BCUT2D eigenvalue weighted by Gasteiger charge is 2.43. The molecule has 0 spiro atoms. The van der Waals surface area contributed by atoms with Crippen molar-refractivity contribution >= 4 is 32.9 Å². The summed E-state index contributed by atoms with van der Waals surface area (Å²) < 4.78 is 67.9. The molecule has 1 aliphatic rings. The Morgan fingerprint density at radius 3 is 2.42 bits per heavy atom. The van der Waals surface area contributed by atoms with Gasteiger partial charge in [0.25, 0.3) is 5.91 Å². The standard InChI is InChI=1S/C24H26F3N5O5S/c1-2-11-38(36,37)31-13-17(22(34)30-35)19(14-31)28-21(33)16-9-7-15(8-10-16)12-32-20-6-4-3-5-18(20)29-23(32)24(25,26)27/h3-10,17,19,35H,2,11-14H2,1H3,(H,28,33)(H,30,34)/t17-,19+/m0/s1. The third kappa shape index (κ3) is 5.66. The van der Waals surface area contributed by atoms with Crippen LogP contribution in [0, 0.1) is 5.92 Å². The van der Waals surface area contributed by atoms with E-state index in [9.17, 15) is 31.2 Å². The molecule has 0 radical (unpaired) electrons. The van der Waals surface area contributed by atoms with E-state index in [1.165, 1.54) is 35.8 Å². The number of rotatable bonds is 8. The van der Waals surface area contributed by atoms with Gasteiger partial charge in [0.2, 0.25) is 21.8 Å².